The van der Waals surface area contributed by atoms with Crippen LogP contribution in [0.4, 0.5) is 13.2 Å². The summed E-state index contributed by atoms with van der Waals surface area (Å²) in [5, 5.41) is 8.45. The number of hydrogen-bond acceptors (Lipinski definition) is 1. The summed E-state index contributed by atoms with van der Waals surface area (Å²) >= 11 is 5.99. The lowest BCUT2D eigenvalue weighted by Gasteiger charge is -2.13. The van der Waals surface area contributed by atoms with E-state index in [0.29, 0.717) is 4.47 Å². The minimum absolute atomic E-state index is 0.0341. The second-order valence-corrected chi connectivity index (χ2v) is 4.52. The van der Waals surface area contributed by atoms with Crippen LogP contribution in [0.15, 0.2) is 21.1 Å². The van der Waals surface area contributed by atoms with Gasteiger partial charge in [-0.25, -0.2) is 0 Å². The Hall–Kier alpha value is -0.540. The molecule has 1 rings (SSSR count). The molecule has 0 heterocycles. The molecule has 0 aliphatic heterocycles. The molecule has 0 saturated heterocycles. The molecular formula is C9H4Br2F3N. The van der Waals surface area contributed by atoms with Gasteiger partial charge < -0.3 is 0 Å². The Morgan fingerprint density at radius 2 is 1.87 bits per heavy atom. The molecule has 0 aromatic heterocycles. The molecule has 0 atom stereocenters. The van der Waals surface area contributed by atoms with Gasteiger partial charge in [0.25, 0.3) is 0 Å². The maximum absolute atomic E-state index is 12.6. The maximum atomic E-state index is 12.6. The third-order valence-electron chi connectivity index (χ3n) is 1.72. The van der Waals surface area contributed by atoms with Crippen LogP contribution in [-0.2, 0) is 12.6 Å². The molecule has 0 N–H and O–H groups in total. The van der Waals surface area contributed by atoms with Crippen molar-refractivity contribution in [2.45, 2.75) is 12.6 Å². The fourth-order valence-corrected chi connectivity index (χ4v) is 2.48. The van der Waals surface area contributed by atoms with Gasteiger partial charge in [0.05, 0.1) is 18.1 Å². The monoisotopic (exact) mass is 341 g/mol. The first-order valence-corrected chi connectivity index (χ1v) is 5.37. The van der Waals surface area contributed by atoms with Gasteiger partial charge in [-0.1, -0.05) is 31.9 Å². The lowest BCUT2D eigenvalue weighted by molar-refractivity contribution is -0.138. The molecule has 80 valence electrons. The molecule has 0 unspecified atom stereocenters. The summed E-state index contributed by atoms with van der Waals surface area (Å²) < 4.78 is 38.3. The SMILES string of the molecule is N#CCc1c(Br)cc(Br)cc1C(F)(F)F. The summed E-state index contributed by atoms with van der Waals surface area (Å²) in [6.45, 7) is 0. The molecule has 0 saturated carbocycles. The number of hydrogen-bond donors (Lipinski definition) is 0. The zero-order chi connectivity index (χ0) is 11.6. The van der Waals surface area contributed by atoms with E-state index in [1.54, 1.807) is 6.07 Å². The number of benzene rings is 1. The molecule has 1 aromatic rings. The van der Waals surface area contributed by atoms with Crippen LogP contribution in [0.3, 0.4) is 0 Å². The van der Waals surface area contributed by atoms with Crippen molar-refractivity contribution < 1.29 is 13.2 Å². The number of nitrogens with zero attached hydrogens (tertiary/aromatic N) is 1. The van der Waals surface area contributed by atoms with Gasteiger partial charge in [0, 0.05) is 8.95 Å². The average Bonchev–Trinajstić information content (AvgIpc) is 2.07. The number of alkyl halides is 3. The minimum atomic E-state index is -4.45. The first-order chi connectivity index (χ1) is 6.86. The quantitative estimate of drug-likeness (QED) is 0.746. The van der Waals surface area contributed by atoms with Crippen molar-refractivity contribution in [3.05, 3.63) is 32.2 Å². The largest absolute Gasteiger partial charge is 0.416 e. The van der Waals surface area contributed by atoms with Crippen molar-refractivity contribution in [1.82, 2.24) is 0 Å². The average molecular weight is 343 g/mol. The van der Waals surface area contributed by atoms with Crippen LogP contribution in [0.1, 0.15) is 11.1 Å². The van der Waals surface area contributed by atoms with E-state index in [9.17, 15) is 13.2 Å². The molecular weight excluding hydrogens is 339 g/mol. The summed E-state index contributed by atoms with van der Waals surface area (Å²) in [7, 11) is 0. The van der Waals surface area contributed by atoms with Gasteiger partial charge in [-0.2, -0.15) is 18.4 Å². The van der Waals surface area contributed by atoms with Crippen LogP contribution in [-0.4, -0.2) is 0 Å². The van der Waals surface area contributed by atoms with Gasteiger partial charge in [-0.05, 0) is 17.7 Å². The normalized spacial score (nSPS) is 11.2. The molecule has 0 bridgehead atoms. The fourth-order valence-electron chi connectivity index (χ4n) is 1.12. The van der Waals surface area contributed by atoms with Gasteiger partial charge in [-0.15, -0.1) is 0 Å². The topological polar surface area (TPSA) is 23.8 Å². The molecule has 0 aliphatic carbocycles. The van der Waals surface area contributed by atoms with Gasteiger partial charge in [0.1, 0.15) is 0 Å². The van der Waals surface area contributed by atoms with E-state index in [-0.39, 0.29) is 16.5 Å². The van der Waals surface area contributed by atoms with Gasteiger partial charge >= 0.3 is 6.18 Å². The molecule has 6 heteroatoms. The predicted octanol–water partition coefficient (Wildman–Crippen LogP) is 4.30. The number of nitriles is 1. The summed E-state index contributed by atoms with van der Waals surface area (Å²) in [5.74, 6) is 0. The smallest absolute Gasteiger partial charge is 0.198 e. The van der Waals surface area contributed by atoms with Gasteiger partial charge in [-0.3, -0.25) is 0 Å². The second-order valence-electron chi connectivity index (χ2n) is 2.75. The lowest BCUT2D eigenvalue weighted by atomic mass is 10.1. The second kappa shape index (κ2) is 4.54. The Morgan fingerprint density at radius 3 is 2.33 bits per heavy atom. The van der Waals surface area contributed by atoms with E-state index >= 15 is 0 Å². The number of halogens is 5. The van der Waals surface area contributed by atoms with Crippen LogP contribution >= 0.6 is 31.9 Å². The molecule has 0 spiro atoms. The highest BCUT2D eigenvalue weighted by Crippen LogP contribution is 2.37. The van der Waals surface area contributed by atoms with E-state index in [4.69, 9.17) is 5.26 Å². The van der Waals surface area contributed by atoms with Crippen LogP contribution < -0.4 is 0 Å². The summed E-state index contributed by atoms with van der Waals surface area (Å²) in [4.78, 5) is 0. The van der Waals surface area contributed by atoms with Crippen LogP contribution in [0, 0.1) is 11.3 Å². The first-order valence-electron chi connectivity index (χ1n) is 3.78. The number of rotatable bonds is 1. The Balaban J connectivity index is 3.41. The lowest BCUT2D eigenvalue weighted by Crippen LogP contribution is -2.09. The van der Waals surface area contributed by atoms with Crippen molar-refractivity contribution in [2.75, 3.05) is 0 Å². The zero-order valence-corrected chi connectivity index (χ0v) is 10.4. The molecule has 0 amide bonds. The van der Waals surface area contributed by atoms with Gasteiger partial charge in [0.15, 0.2) is 0 Å². The van der Waals surface area contributed by atoms with E-state index in [0.717, 1.165) is 6.07 Å². The molecule has 0 aliphatic rings. The molecule has 15 heavy (non-hydrogen) atoms. The van der Waals surface area contributed by atoms with E-state index in [2.05, 4.69) is 31.9 Å². The van der Waals surface area contributed by atoms with E-state index in [1.165, 1.54) is 6.07 Å². The maximum Gasteiger partial charge on any atom is 0.416 e. The molecule has 0 fully saturated rings. The van der Waals surface area contributed by atoms with Crippen molar-refractivity contribution >= 4 is 31.9 Å². The van der Waals surface area contributed by atoms with Crippen molar-refractivity contribution in [2.24, 2.45) is 0 Å². The molecule has 1 aromatic carbocycles. The predicted molar refractivity (Wildman–Crippen MR) is 56.2 cm³/mol. The third-order valence-corrected chi connectivity index (χ3v) is 2.89. The summed E-state index contributed by atoms with van der Waals surface area (Å²) in [6, 6.07) is 4.17. The highest BCUT2D eigenvalue weighted by molar-refractivity contribution is 9.11. The Bertz CT molecular complexity index is 421. The van der Waals surface area contributed by atoms with E-state index < -0.39 is 11.7 Å². The Morgan fingerprint density at radius 1 is 1.27 bits per heavy atom. The van der Waals surface area contributed by atoms with Crippen LogP contribution in [0.25, 0.3) is 0 Å². The summed E-state index contributed by atoms with van der Waals surface area (Å²) in [5.41, 5.74) is -0.821. The summed E-state index contributed by atoms with van der Waals surface area (Å²) in [6.07, 6.45) is -4.72. The van der Waals surface area contributed by atoms with Crippen molar-refractivity contribution in [1.29, 1.82) is 5.26 Å². The minimum Gasteiger partial charge on any atom is -0.198 e. The zero-order valence-electron chi connectivity index (χ0n) is 7.20. The fraction of sp³-hybridized carbons (Fsp3) is 0.222. The van der Waals surface area contributed by atoms with Crippen LogP contribution in [0.5, 0.6) is 0 Å². The van der Waals surface area contributed by atoms with Crippen LogP contribution in [0.2, 0.25) is 0 Å². The highest BCUT2D eigenvalue weighted by atomic mass is 79.9. The first kappa shape index (κ1) is 12.5. The molecule has 0 radical (unpaired) electrons. The van der Waals surface area contributed by atoms with Crippen molar-refractivity contribution in [3.63, 3.8) is 0 Å². The highest BCUT2D eigenvalue weighted by Gasteiger charge is 2.34. The van der Waals surface area contributed by atoms with E-state index in [1.807, 2.05) is 0 Å². The Kier molecular flexibility index (Phi) is 3.79. The Labute approximate surface area is 101 Å². The van der Waals surface area contributed by atoms with Crippen molar-refractivity contribution in [3.8, 4) is 6.07 Å². The molecule has 1 nitrogen and oxygen atoms in total. The van der Waals surface area contributed by atoms with Gasteiger partial charge in [0.2, 0.25) is 0 Å². The third kappa shape index (κ3) is 2.95. The standard InChI is InChI=1S/C9H4Br2F3N/c10-5-3-7(9(12,13)14)6(1-2-15)8(11)4-5/h3-4H,1H2.